The van der Waals surface area contributed by atoms with Gasteiger partial charge in [0.2, 0.25) is 0 Å². The normalized spacial score (nSPS) is 0. The quantitative estimate of drug-likeness (QED) is 0.282. The molecule has 0 amide bonds. The maximum Gasteiger partial charge on any atom is 0 e. The fraction of sp³-hybridized carbons (Fsp3) is 0. The zero-order valence-corrected chi connectivity index (χ0v) is 5.67. The summed E-state index contributed by atoms with van der Waals surface area (Å²) in [5.41, 5.74) is 0. The molecule has 2 nitrogen and oxygen atoms in total. The van der Waals surface area contributed by atoms with Crippen LogP contribution in [0.3, 0.4) is 0 Å². The van der Waals surface area contributed by atoms with Crippen LogP contribution in [0, 0.1) is 7.43 Å². The summed E-state index contributed by atoms with van der Waals surface area (Å²) in [6, 6.07) is 0. The van der Waals surface area contributed by atoms with Gasteiger partial charge in [-0.3, -0.25) is 0 Å². The van der Waals surface area contributed by atoms with Crippen LogP contribution in [-0.2, 0) is 19.5 Å². The topological polar surface area (TPSA) is 63.0 Å². The van der Waals surface area contributed by atoms with E-state index in [-0.39, 0.29) is 37.9 Å². The molecule has 0 unspecified atom stereocenters. The summed E-state index contributed by atoms with van der Waals surface area (Å²) in [6.07, 6.45) is 0. The fourth-order valence-electron chi connectivity index (χ4n) is 0. The van der Waals surface area contributed by atoms with Crippen molar-refractivity contribution < 1.29 is 30.4 Å². The third-order valence-electron chi connectivity index (χ3n) is 0. The van der Waals surface area contributed by atoms with Crippen molar-refractivity contribution in [1.29, 1.82) is 0 Å². The van der Waals surface area contributed by atoms with Gasteiger partial charge in [-0.15, -0.1) is 0 Å². The summed E-state index contributed by atoms with van der Waals surface area (Å²) in [5, 5.41) is 0. The van der Waals surface area contributed by atoms with E-state index in [1.807, 2.05) is 0 Å². The molecule has 0 aromatic rings. The molecule has 0 heterocycles. The molecule has 0 radical (unpaired) electrons. The molecule has 0 aliphatic carbocycles. The molecule has 4 heavy (non-hydrogen) atoms. The minimum atomic E-state index is 0. The van der Waals surface area contributed by atoms with E-state index >= 15 is 0 Å². The molecule has 0 atom stereocenters. The van der Waals surface area contributed by atoms with Crippen molar-refractivity contribution in [2.24, 2.45) is 0 Å². The Kier molecular flexibility index (Phi) is 3750. The first-order chi connectivity index (χ1) is 0. The molecule has 0 aromatic heterocycles. The van der Waals surface area contributed by atoms with E-state index in [9.17, 15) is 0 Å². The molecule has 0 aliphatic heterocycles. The largest absolute Gasteiger partial charge is 0.412 e. The Morgan fingerprint density at radius 2 is 0.750 bits per heavy atom. The monoisotopic (exact) mass is 115 g/mol. The van der Waals surface area contributed by atoms with Crippen molar-refractivity contribution in [2.75, 3.05) is 0 Å². The maximum absolute atomic E-state index is 0. The zero-order chi connectivity index (χ0) is 0. The van der Waals surface area contributed by atoms with E-state index in [4.69, 9.17) is 0 Å². The van der Waals surface area contributed by atoms with Crippen LogP contribution in [0.25, 0.3) is 0 Å². The van der Waals surface area contributed by atoms with E-state index in [2.05, 4.69) is 0 Å². The van der Waals surface area contributed by atoms with Crippen LogP contribution < -0.4 is 0 Å². The fourth-order valence-corrected chi connectivity index (χ4v) is 0. The Morgan fingerprint density at radius 1 is 0.750 bits per heavy atom. The first-order valence-electron chi connectivity index (χ1n) is 0. The molecule has 0 aromatic carbocycles. The van der Waals surface area contributed by atoms with E-state index in [0.29, 0.717) is 0 Å². The van der Waals surface area contributed by atoms with Crippen LogP contribution >= 0.6 is 0 Å². The van der Waals surface area contributed by atoms with Gasteiger partial charge < -0.3 is 18.4 Å². The molecule has 0 spiro atoms. The summed E-state index contributed by atoms with van der Waals surface area (Å²) in [7, 11) is 0. The van der Waals surface area contributed by atoms with Crippen molar-refractivity contribution in [3.8, 4) is 0 Å². The van der Waals surface area contributed by atoms with Gasteiger partial charge >= 0.3 is 0 Å². The van der Waals surface area contributed by atoms with Crippen molar-refractivity contribution >= 4 is 0 Å². The Bertz CT molecular complexity index is 6.00. The SMILES string of the molecule is O.O.[CH3-].[Zn]. The van der Waals surface area contributed by atoms with Gasteiger partial charge in [0.05, 0.1) is 0 Å². The molecular weight excluding hydrogens is 109 g/mol. The van der Waals surface area contributed by atoms with E-state index in [1.165, 1.54) is 0 Å². The second-order valence-electron chi connectivity index (χ2n) is 0. The van der Waals surface area contributed by atoms with E-state index < -0.39 is 0 Å². The van der Waals surface area contributed by atoms with Crippen molar-refractivity contribution in [3.05, 3.63) is 7.43 Å². The third-order valence-corrected chi connectivity index (χ3v) is 0. The molecule has 0 rings (SSSR count). The Balaban J connectivity index is 0. The minimum Gasteiger partial charge on any atom is -0.412 e. The molecular formula is CH7O2Zn-. The summed E-state index contributed by atoms with van der Waals surface area (Å²) in [5.74, 6) is 0. The first kappa shape index (κ1) is 193. The van der Waals surface area contributed by atoms with Gasteiger partial charge in [-0.2, -0.15) is 0 Å². The zero-order valence-electron chi connectivity index (χ0n) is 2.71. The number of hydrogen-bond donors (Lipinski definition) is 0. The first-order valence-corrected chi connectivity index (χ1v) is 0. The van der Waals surface area contributed by atoms with E-state index in [1.54, 1.807) is 0 Å². The summed E-state index contributed by atoms with van der Waals surface area (Å²) < 4.78 is 0. The van der Waals surface area contributed by atoms with Gasteiger partial charge in [-0.05, 0) is 0 Å². The maximum atomic E-state index is 0. The molecule has 0 saturated carbocycles. The average Bonchev–Trinajstić information content (AvgIpc) is 0. The van der Waals surface area contributed by atoms with Gasteiger partial charge in [0.15, 0.2) is 0 Å². The van der Waals surface area contributed by atoms with Gasteiger partial charge in [0, 0.05) is 19.5 Å². The second kappa shape index (κ2) is 77.6. The van der Waals surface area contributed by atoms with Gasteiger partial charge in [-0.1, -0.05) is 0 Å². The van der Waals surface area contributed by atoms with Crippen LogP contribution in [0.5, 0.6) is 0 Å². The molecule has 4 N–H and O–H groups in total. The van der Waals surface area contributed by atoms with E-state index in [0.717, 1.165) is 0 Å². The van der Waals surface area contributed by atoms with Crippen LogP contribution in [0.2, 0.25) is 0 Å². The Hall–Kier alpha value is 0.543. The smallest absolute Gasteiger partial charge is 0 e. The molecule has 3 heteroatoms. The minimum absolute atomic E-state index is 0. The Labute approximate surface area is 38.6 Å². The van der Waals surface area contributed by atoms with Gasteiger partial charge in [0.1, 0.15) is 0 Å². The summed E-state index contributed by atoms with van der Waals surface area (Å²) in [4.78, 5) is 0. The third kappa shape index (κ3) is 20.5. The second-order valence-corrected chi connectivity index (χ2v) is 0. The summed E-state index contributed by atoms with van der Waals surface area (Å²) in [6.45, 7) is 0. The van der Waals surface area contributed by atoms with Crippen LogP contribution in [0.15, 0.2) is 0 Å². The predicted molar refractivity (Wildman–Crippen MR) is 13.6 cm³/mol. The number of rotatable bonds is 0. The van der Waals surface area contributed by atoms with Gasteiger partial charge in [-0.25, -0.2) is 0 Å². The Morgan fingerprint density at radius 3 is 0.750 bits per heavy atom. The molecule has 0 aliphatic rings. The standard InChI is InChI=1S/CH3.2H2O.Zn/h1H3;2*1H2;/q-1;;;. The molecule has 0 saturated heterocycles. The van der Waals surface area contributed by atoms with Crippen LogP contribution in [0.4, 0.5) is 0 Å². The van der Waals surface area contributed by atoms with Crippen molar-refractivity contribution in [2.45, 2.75) is 0 Å². The molecule has 26 valence electrons. The van der Waals surface area contributed by atoms with Crippen LogP contribution in [0.1, 0.15) is 0 Å². The average molecular weight is 116 g/mol. The van der Waals surface area contributed by atoms with Crippen LogP contribution in [-0.4, -0.2) is 11.0 Å². The predicted octanol–water partition coefficient (Wildman–Crippen LogP) is -1.20. The van der Waals surface area contributed by atoms with Crippen molar-refractivity contribution in [3.63, 3.8) is 0 Å². The molecule has 0 fully saturated rings. The van der Waals surface area contributed by atoms with Crippen molar-refractivity contribution in [1.82, 2.24) is 0 Å². The number of hydrogen-bond acceptors (Lipinski definition) is 0. The summed E-state index contributed by atoms with van der Waals surface area (Å²) >= 11 is 0. The molecule has 0 bridgehead atoms. The van der Waals surface area contributed by atoms with Gasteiger partial charge in [0.25, 0.3) is 0 Å².